The first kappa shape index (κ1) is 13.9. The zero-order valence-corrected chi connectivity index (χ0v) is 14.7. The molecule has 0 saturated heterocycles. The Morgan fingerprint density at radius 1 is 1.18 bits per heavy atom. The van der Waals surface area contributed by atoms with Crippen LogP contribution in [-0.4, -0.2) is 6.04 Å². The van der Waals surface area contributed by atoms with Crippen molar-refractivity contribution in [1.29, 1.82) is 0 Å². The first-order valence-corrected chi connectivity index (χ1v) is 8.19. The van der Waals surface area contributed by atoms with Crippen molar-refractivity contribution >= 4 is 53.5 Å². The summed E-state index contributed by atoms with van der Waals surface area (Å²) in [5.41, 5.74) is 1.54. The third-order valence-electron chi connectivity index (χ3n) is 3.58. The molecule has 17 heavy (non-hydrogen) atoms. The number of hydrogen-bond donors (Lipinski definition) is 1. The van der Waals surface area contributed by atoms with Crippen LogP contribution in [0.25, 0.3) is 0 Å². The van der Waals surface area contributed by atoms with Gasteiger partial charge in [-0.25, -0.2) is 0 Å². The van der Waals surface area contributed by atoms with E-state index in [2.05, 4.69) is 79.1 Å². The standard InChI is InChI=1S/C13H16Br3N/c1-13(2)5-3-4-11(13)17-12-9(15)6-8(14)7-10(12)16/h6-7,11,17H,3-5H2,1-2H3. The number of halogens is 3. The van der Waals surface area contributed by atoms with Crippen LogP contribution in [0.4, 0.5) is 5.69 Å². The lowest BCUT2D eigenvalue weighted by Crippen LogP contribution is -2.31. The molecular formula is C13H16Br3N. The predicted molar refractivity (Wildman–Crippen MR) is 84.6 cm³/mol. The van der Waals surface area contributed by atoms with Crippen molar-refractivity contribution in [2.24, 2.45) is 5.41 Å². The van der Waals surface area contributed by atoms with E-state index in [1.54, 1.807) is 0 Å². The van der Waals surface area contributed by atoms with Crippen molar-refractivity contribution in [3.63, 3.8) is 0 Å². The topological polar surface area (TPSA) is 12.0 Å². The molecule has 2 rings (SSSR count). The normalized spacial score (nSPS) is 22.8. The van der Waals surface area contributed by atoms with Crippen molar-refractivity contribution in [2.45, 2.75) is 39.2 Å². The second kappa shape index (κ2) is 5.22. The zero-order chi connectivity index (χ0) is 12.6. The van der Waals surface area contributed by atoms with Crippen LogP contribution >= 0.6 is 47.8 Å². The number of hydrogen-bond acceptors (Lipinski definition) is 1. The lowest BCUT2D eigenvalue weighted by molar-refractivity contribution is 0.350. The highest BCUT2D eigenvalue weighted by Gasteiger charge is 2.34. The maximum Gasteiger partial charge on any atom is 0.0632 e. The van der Waals surface area contributed by atoms with Crippen molar-refractivity contribution < 1.29 is 0 Å². The van der Waals surface area contributed by atoms with Gasteiger partial charge in [0, 0.05) is 19.5 Å². The average Bonchev–Trinajstić information content (AvgIpc) is 2.51. The van der Waals surface area contributed by atoms with Gasteiger partial charge in [-0.2, -0.15) is 0 Å². The monoisotopic (exact) mass is 423 g/mol. The third kappa shape index (κ3) is 3.07. The van der Waals surface area contributed by atoms with Crippen molar-refractivity contribution in [3.05, 3.63) is 25.6 Å². The van der Waals surface area contributed by atoms with Crippen LogP contribution in [0.2, 0.25) is 0 Å². The Morgan fingerprint density at radius 2 is 1.76 bits per heavy atom. The quantitative estimate of drug-likeness (QED) is 0.616. The second-order valence-corrected chi connectivity index (χ2v) is 7.95. The molecule has 0 spiro atoms. The van der Waals surface area contributed by atoms with Crippen LogP contribution in [-0.2, 0) is 0 Å². The van der Waals surface area contributed by atoms with E-state index in [0.717, 1.165) is 19.1 Å². The molecule has 1 aromatic carbocycles. The number of rotatable bonds is 2. The van der Waals surface area contributed by atoms with E-state index in [-0.39, 0.29) is 0 Å². The zero-order valence-electron chi connectivity index (χ0n) is 9.99. The van der Waals surface area contributed by atoms with E-state index in [1.165, 1.54) is 19.3 Å². The summed E-state index contributed by atoms with van der Waals surface area (Å²) < 4.78 is 3.27. The summed E-state index contributed by atoms with van der Waals surface area (Å²) in [6, 6.07) is 4.71. The van der Waals surface area contributed by atoms with Gasteiger partial charge < -0.3 is 5.32 Å². The summed E-state index contributed by atoms with van der Waals surface area (Å²) in [6.45, 7) is 4.69. The molecule has 1 aliphatic rings. The van der Waals surface area contributed by atoms with Crippen LogP contribution < -0.4 is 5.32 Å². The smallest absolute Gasteiger partial charge is 0.0632 e. The van der Waals surface area contributed by atoms with E-state index in [4.69, 9.17) is 0 Å². The minimum Gasteiger partial charge on any atom is -0.380 e. The van der Waals surface area contributed by atoms with Gasteiger partial charge >= 0.3 is 0 Å². The molecule has 1 atom stereocenters. The van der Waals surface area contributed by atoms with Crippen LogP contribution in [0.3, 0.4) is 0 Å². The fourth-order valence-corrected chi connectivity index (χ4v) is 4.94. The lowest BCUT2D eigenvalue weighted by Gasteiger charge is -2.29. The molecule has 1 aliphatic carbocycles. The summed E-state index contributed by atoms with van der Waals surface area (Å²) in [5.74, 6) is 0. The van der Waals surface area contributed by atoms with Crippen LogP contribution in [0.1, 0.15) is 33.1 Å². The van der Waals surface area contributed by atoms with Gasteiger partial charge in [0.1, 0.15) is 0 Å². The van der Waals surface area contributed by atoms with Gasteiger partial charge in [-0.05, 0) is 62.2 Å². The van der Waals surface area contributed by atoms with Gasteiger partial charge in [0.15, 0.2) is 0 Å². The van der Waals surface area contributed by atoms with E-state index in [9.17, 15) is 0 Å². The fraction of sp³-hybridized carbons (Fsp3) is 0.538. The molecule has 0 bridgehead atoms. The molecule has 4 heteroatoms. The maximum absolute atomic E-state index is 3.68. The minimum absolute atomic E-state index is 0.381. The summed E-state index contributed by atoms with van der Waals surface area (Å²) >= 11 is 10.7. The molecule has 1 nitrogen and oxygen atoms in total. The second-order valence-electron chi connectivity index (χ2n) is 5.32. The summed E-state index contributed by atoms with van der Waals surface area (Å²) in [4.78, 5) is 0. The largest absolute Gasteiger partial charge is 0.380 e. The van der Waals surface area contributed by atoms with Gasteiger partial charge in [-0.15, -0.1) is 0 Å². The first-order chi connectivity index (χ1) is 7.90. The van der Waals surface area contributed by atoms with Crippen molar-refractivity contribution in [3.8, 4) is 0 Å². The number of nitrogens with one attached hydrogen (secondary N) is 1. The van der Waals surface area contributed by atoms with E-state index >= 15 is 0 Å². The average molecular weight is 426 g/mol. The molecule has 94 valence electrons. The van der Waals surface area contributed by atoms with E-state index in [0.29, 0.717) is 11.5 Å². The fourth-order valence-electron chi connectivity index (χ4n) is 2.45. The first-order valence-electron chi connectivity index (χ1n) is 5.81. The van der Waals surface area contributed by atoms with Crippen LogP contribution in [0.5, 0.6) is 0 Å². The van der Waals surface area contributed by atoms with E-state index in [1.807, 2.05) is 0 Å². The Hall–Kier alpha value is 0.460. The summed E-state index contributed by atoms with van der Waals surface area (Å²) in [5, 5.41) is 3.68. The van der Waals surface area contributed by atoms with Crippen molar-refractivity contribution in [1.82, 2.24) is 0 Å². The molecule has 1 N–H and O–H groups in total. The molecule has 1 fully saturated rings. The molecule has 0 heterocycles. The minimum atomic E-state index is 0.381. The highest BCUT2D eigenvalue weighted by atomic mass is 79.9. The number of anilines is 1. The van der Waals surface area contributed by atoms with E-state index < -0.39 is 0 Å². The summed E-state index contributed by atoms with van der Waals surface area (Å²) in [6.07, 6.45) is 3.87. The molecule has 0 aromatic heterocycles. The molecule has 1 aromatic rings. The maximum atomic E-state index is 3.68. The van der Waals surface area contributed by atoms with Crippen LogP contribution in [0, 0.1) is 5.41 Å². The molecule has 0 amide bonds. The highest BCUT2D eigenvalue weighted by molar-refractivity contribution is 9.11. The Kier molecular flexibility index (Phi) is 4.26. The Bertz CT molecular complexity index is 406. The van der Waals surface area contributed by atoms with Crippen molar-refractivity contribution in [2.75, 3.05) is 5.32 Å². The molecule has 0 aliphatic heterocycles. The molecule has 1 unspecified atom stereocenters. The molecule has 1 saturated carbocycles. The Morgan fingerprint density at radius 3 is 2.24 bits per heavy atom. The van der Waals surface area contributed by atoms with Gasteiger partial charge in [0.25, 0.3) is 0 Å². The van der Waals surface area contributed by atoms with Crippen LogP contribution in [0.15, 0.2) is 25.6 Å². The SMILES string of the molecule is CC1(C)CCCC1Nc1c(Br)cc(Br)cc1Br. The van der Waals surface area contributed by atoms with Gasteiger partial charge in [-0.3, -0.25) is 0 Å². The highest BCUT2D eigenvalue weighted by Crippen LogP contribution is 2.42. The Labute approximate surface area is 128 Å². The Balaban J connectivity index is 2.25. The van der Waals surface area contributed by atoms with Gasteiger partial charge in [0.05, 0.1) is 5.69 Å². The predicted octanol–water partition coefficient (Wildman–Crippen LogP) is 5.96. The summed E-state index contributed by atoms with van der Waals surface area (Å²) in [7, 11) is 0. The molecule has 0 radical (unpaired) electrons. The number of benzene rings is 1. The molecular weight excluding hydrogens is 410 g/mol. The third-order valence-corrected chi connectivity index (χ3v) is 5.29. The lowest BCUT2D eigenvalue weighted by atomic mass is 9.87. The van der Waals surface area contributed by atoms with Gasteiger partial charge in [-0.1, -0.05) is 36.2 Å². The van der Waals surface area contributed by atoms with Gasteiger partial charge in [0.2, 0.25) is 0 Å².